The number of phenolic OH excluding ortho intramolecular Hbond substituents is 1. The van der Waals surface area contributed by atoms with Gasteiger partial charge in [-0.3, -0.25) is 10.1 Å². The molecule has 9 nitrogen and oxygen atoms in total. The number of nitrogens with zero attached hydrogens (tertiary/aromatic N) is 3. The monoisotopic (exact) mass is 388 g/mol. The Morgan fingerprint density at radius 2 is 2.11 bits per heavy atom. The van der Waals surface area contributed by atoms with E-state index in [1.165, 1.54) is 35.9 Å². The molecule has 140 valence electrons. The molecule has 0 unspecified atom stereocenters. The summed E-state index contributed by atoms with van der Waals surface area (Å²) in [6.07, 6.45) is 1.06. The number of hydrogen-bond acceptors (Lipinski definition) is 9. The number of carbonyl (C=O) groups is 1. The van der Waals surface area contributed by atoms with Gasteiger partial charge in [0.2, 0.25) is 0 Å². The summed E-state index contributed by atoms with van der Waals surface area (Å²) in [6, 6.07) is 3.63. The van der Waals surface area contributed by atoms with E-state index in [4.69, 9.17) is 4.74 Å². The molecule has 0 aliphatic carbocycles. The number of esters is 1. The van der Waals surface area contributed by atoms with Gasteiger partial charge in [-0.15, -0.1) is 11.3 Å². The number of ether oxygens (including phenoxy) is 1. The molecular weight excluding hydrogens is 372 g/mol. The standard InChI is InChI=1S/C17H16N4O5S/c1-8(2)26-17(23)14-9(3)13-15(18-7-19-16(13)27-14)20-11-6-10(21(24)25)4-5-12(11)22/h4-8,22H,1-3H3,(H,18,19,20). The number of phenols is 1. The number of aromatic hydroxyl groups is 1. The molecule has 3 rings (SSSR count). The van der Waals surface area contributed by atoms with Crippen LogP contribution in [0.5, 0.6) is 5.75 Å². The van der Waals surface area contributed by atoms with Gasteiger partial charge in [0, 0.05) is 12.1 Å². The fraction of sp³-hybridized carbons (Fsp3) is 0.235. The summed E-state index contributed by atoms with van der Waals surface area (Å²) >= 11 is 1.17. The lowest BCUT2D eigenvalue weighted by Crippen LogP contribution is -2.11. The second-order valence-electron chi connectivity index (χ2n) is 6.00. The third-order valence-electron chi connectivity index (χ3n) is 3.70. The van der Waals surface area contributed by atoms with Gasteiger partial charge in [-0.05, 0) is 32.4 Å². The van der Waals surface area contributed by atoms with Gasteiger partial charge < -0.3 is 15.2 Å². The molecule has 2 heterocycles. The molecular formula is C17H16N4O5S. The molecule has 0 radical (unpaired) electrons. The summed E-state index contributed by atoms with van der Waals surface area (Å²) in [4.78, 5) is 32.0. The number of benzene rings is 1. The zero-order chi connectivity index (χ0) is 19.7. The lowest BCUT2D eigenvalue weighted by Gasteiger charge is -2.09. The first-order valence-corrected chi connectivity index (χ1v) is 8.79. The molecule has 0 bridgehead atoms. The molecule has 3 aromatic rings. The number of nitrogens with one attached hydrogen (secondary N) is 1. The van der Waals surface area contributed by atoms with E-state index >= 15 is 0 Å². The van der Waals surface area contributed by atoms with Crippen LogP contribution >= 0.6 is 11.3 Å². The molecule has 0 spiro atoms. The van der Waals surface area contributed by atoms with Crippen LogP contribution in [0, 0.1) is 17.0 Å². The first kappa shape index (κ1) is 18.5. The second-order valence-corrected chi connectivity index (χ2v) is 7.00. The first-order valence-electron chi connectivity index (χ1n) is 7.97. The number of fused-ring (bicyclic) bond motifs is 1. The van der Waals surface area contributed by atoms with Crippen molar-refractivity contribution < 1.29 is 19.6 Å². The maximum atomic E-state index is 12.3. The van der Waals surface area contributed by atoms with Crippen molar-refractivity contribution in [3.63, 3.8) is 0 Å². The van der Waals surface area contributed by atoms with Gasteiger partial charge in [0.05, 0.1) is 22.1 Å². The van der Waals surface area contributed by atoms with Crippen LogP contribution < -0.4 is 5.32 Å². The molecule has 0 aliphatic rings. The highest BCUT2D eigenvalue weighted by atomic mass is 32.1. The van der Waals surface area contributed by atoms with Crippen molar-refractivity contribution in [3.05, 3.63) is 45.1 Å². The highest BCUT2D eigenvalue weighted by molar-refractivity contribution is 7.20. The number of non-ortho nitro benzene ring substituents is 1. The predicted octanol–water partition coefficient (Wildman–Crippen LogP) is 3.92. The highest BCUT2D eigenvalue weighted by Crippen LogP contribution is 2.37. The Kier molecular flexibility index (Phi) is 4.91. The lowest BCUT2D eigenvalue weighted by atomic mass is 10.2. The van der Waals surface area contributed by atoms with E-state index in [-0.39, 0.29) is 23.2 Å². The van der Waals surface area contributed by atoms with E-state index in [1.807, 2.05) is 0 Å². The van der Waals surface area contributed by atoms with Crippen molar-refractivity contribution in [1.82, 2.24) is 9.97 Å². The summed E-state index contributed by atoms with van der Waals surface area (Å²) in [6.45, 7) is 5.27. The van der Waals surface area contributed by atoms with Crippen LogP contribution in [0.15, 0.2) is 24.5 Å². The number of carbonyl (C=O) groups excluding carboxylic acids is 1. The molecule has 27 heavy (non-hydrogen) atoms. The molecule has 0 fully saturated rings. The Morgan fingerprint density at radius 1 is 1.37 bits per heavy atom. The molecule has 2 aromatic heterocycles. The Balaban J connectivity index is 2.06. The number of nitro benzene ring substituents is 1. The van der Waals surface area contributed by atoms with Crippen molar-refractivity contribution in [1.29, 1.82) is 0 Å². The summed E-state index contributed by atoms with van der Waals surface area (Å²) in [5.41, 5.74) is 0.582. The average Bonchev–Trinajstić information content (AvgIpc) is 2.94. The Morgan fingerprint density at radius 3 is 2.78 bits per heavy atom. The van der Waals surface area contributed by atoms with E-state index in [0.717, 1.165) is 0 Å². The van der Waals surface area contributed by atoms with Crippen LogP contribution in [-0.2, 0) is 4.74 Å². The number of thiophene rings is 1. The van der Waals surface area contributed by atoms with Crippen LogP contribution in [-0.4, -0.2) is 32.1 Å². The van der Waals surface area contributed by atoms with Gasteiger partial charge in [0.25, 0.3) is 5.69 Å². The molecule has 0 saturated carbocycles. The highest BCUT2D eigenvalue weighted by Gasteiger charge is 2.22. The number of aromatic nitrogens is 2. The van der Waals surface area contributed by atoms with Gasteiger partial charge in [-0.2, -0.15) is 0 Å². The van der Waals surface area contributed by atoms with Crippen LogP contribution in [0.4, 0.5) is 17.2 Å². The minimum Gasteiger partial charge on any atom is -0.506 e. The van der Waals surface area contributed by atoms with Crippen molar-refractivity contribution >= 4 is 44.7 Å². The molecule has 0 atom stereocenters. The minimum atomic E-state index is -0.559. The van der Waals surface area contributed by atoms with E-state index in [1.54, 1.807) is 20.8 Å². The van der Waals surface area contributed by atoms with Crippen molar-refractivity contribution in [2.75, 3.05) is 5.32 Å². The first-order chi connectivity index (χ1) is 12.8. The van der Waals surface area contributed by atoms with E-state index < -0.39 is 10.9 Å². The predicted molar refractivity (Wildman–Crippen MR) is 101 cm³/mol. The van der Waals surface area contributed by atoms with E-state index in [9.17, 15) is 20.0 Å². The van der Waals surface area contributed by atoms with Crippen LogP contribution in [0.2, 0.25) is 0 Å². The quantitative estimate of drug-likeness (QED) is 0.291. The third-order valence-corrected chi connectivity index (χ3v) is 4.88. The Hall–Kier alpha value is -3.27. The fourth-order valence-corrected chi connectivity index (χ4v) is 3.53. The lowest BCUT2D eigenvalue weighted by molar-refractivity contribution is -0.384. The topological polar surface area (TPSA) is 127 Å². The molecule has 0 aliphatic heterocycles. The molecule has 0 amide bonds. The summed E-state index contributed by atoms with van der Waals surface area (Å²) < 4.78 is 5.25. The van der Waals surface area contributed by atoms with Gasteiger partial charge in [0.15, 0.2) is 0 Å². The second kappa shape index (κ2) is 7.16. The summed E-state index contributed by atoms with van der Waals surface area (Å²) in [5.74, 6) is -0.289. The van der Waals surface area contributed by atoms with Crippen molar-refractivity contribution in [2.24, 2.45) is 0 Å². The molecule has 2 N–H and O–H groups in total. The van der Waals surface area contributed by atoms with Crippen molar-refractivity contribution in [3.8, 4) is 5.75 Å². The fourth-order valence-electron chi connectivity index (χ4n) is 2.49. The zero-order valence-corrected chi connectivity index (χ0v) is 15.5. The maximum Gasteiger partial charge on any atom is 0.348 e. The minimum absolute atomic E-state index is 0.126. The largest absolute Gasteiger partial charge is 0.506 e. The number of rotatable bonds is 5. The van der Waals surface area contributed by atoms with Crippen LogP contribution in [0.25, 0.3) is 10.2 Å². The molecule has 10 heteroatoms. The average molecular weight is 388 g/mol. The normalized spacial score (nSPS) is 11.0. The third kappa shape index (κ3) is 3.65. The number of nitro groups is 1. The molecule has 0 saturated heterocycles. The van der Waals surface area contributed by atoms with Gasteiger partial charge in [0.1, 0.15) is 27.6 Å². The Bertz CT molecular complexity index is 1050. The van der Waals surface area contributed by atoms with E-state index in [2.05, 4.69) is 15.3 Å². The van der Waals surface area contributed by atoms with E-state index in [0.29, 0.717) is 26.5 Å². The number of anilines is 2. The number of hydrogen-bond donors (Lipinski definition) is 2. The maximum absolute atomic E-state index is 12.3. The smallest absolute Gasteiger partial charge is 0.348 e. The summed E-state index contributed by atoms with van der Waals surface area (Å²) in [7, 11) is 0. The zero-order valence-electron chi connectivity index (χ0n) is 14.7. The Labute approximate surface area is 157 Å². The van der Waals surface area contributed by atoms with Crippen LogP contribution in [0.1, 0.15) is 29.1 Å². The van der Waals surface area contributed by atoms with Crippen molar-refractivity contribution in [2.45, 2.75) is 26.9 Å². The van der Waals surface area contributed by atoms with Gasteiger partial charge in [-0.25, -0.2) is 14.8 Å². The molecule has 1 aromatic carbocycles. The number of aryl methyl sites for hydroxylation is 1. The SMILES string of the molecule is Cc1c(C(=O)OC(C)C)sc2ncnc(Nc3cc([N+](=O)[O-])ccc3O)c12. The summed E-state index contributed by atoms with van der Waals surface area (Å²) in [5, 5.41) is 24.5. The van der Waals surface area contributed by atoms with Crippen LogP contribution in [0.3, 0.4) is 0 Å². The van der Waals surface area contributed by atoms with Gasteiger partial charge >= 0.3 is 5.97 Å². The van der Waals surface area contributed by atoms with Gasteiger partial charge in [-0.1, -0.05) is 0 Å².